The lowest BCUT2D eigenvalue weighted by Gasteiger charge is -2.25. The average Bonchev–Trinajstić information content (AvgIpc) is 2.87. The fraction of sp³-hybridized carbons (Fsp3) is 0.560. The molecule has 1 aromatic carbocycles. The lowest BCUT2D eigenvalue weighted by Crippen LogP contribution is -2.39. The summed E-state index contributed by atoms with van der Waals surface area (Å²) < 4.78 is 26.4. The van der Waals surface area contributed by atoms with Crippen LogP contribution in [0.1, 0.15) is 48.8 Å². The third-order valence-electron chi connectivity index (χ3n) is 5.63. The molecule has 0 bridgehead atoms. The van der Waals surface area contributed by atoms with Crippen molar-refractivity contribution in [3.05, 3.63) is 47.3 Å². The fourth-order valence-electron chi connectivity index (χ4n) is 3.91. The molecule has 8 N–H and O–H groups in total. The first-order chi connectivity index (χ1) is 16.5. The monoisotopic (exact) mass is 479 g/mol. The summed E-state index contributed by atoms with van der Waals surface area (Å²) in [6, 6.07) is 3.97. The second-order valence-corrected chi connectivity index (χ2v) is 8.06. The van der Waals surface area contributed by atoms with Crippen LogP contribution in [0.5, 0.6) is 0 Å². The summed E-state index contributed by atoms with van der Waals surface area (Å²) in [5.41, 5.74) is 14.0. The molecule has 0 radical (unpaired) electrons. The number of nitrogens with one attached hydrogen (secondary N) is 4. The molecule has 2 heterocycles. The van der Waals surface area contributed by atoms with E-state index in [1.165, 1.54) is 44.1 Å². The summed E-state index contributed by atoms with van der Waals surface area (Å²) in [5.74, 6) is 0. The molecule has 0 unspecified atom stereocenters. The van der Waals surface area contributed by atoms with Crippen LogP contribution >= 0.6 is 0 Å². The molecule has 0 amide bonds. The van der Waals surface area contributed by atoms with E-state index in [4.69, 9.17) is 5.73 Å². The van der Waals surface area contributed by atoms with Crippen LogP contribution in [0.2, 0.25) is 0 Å². The molecule has 0 spiro atoms. The third kappa shape index (κ3) is 9.79. The number of anilines is 1. The fourth-order valence-corrected chi connectivity index (χ4v) is 3.91. The minimum absolute atomic E-state index is 0.00949. The SMILES string of the molecule is C=C(CCNC)NC1CCNCC1.CN.CN=C/C(=C\N)c1cc2c(cc1C(F)F)NCCC2. The van der Waals surface area contributed by atoms with E-state index >= 15 is 0 Å². The number of aliphatic imine (C=N–C) groups is 1. The van der Waals surface area contributed by atoms with Crippen LogP contribution in [-0.4, -0.2) is 59.6 Å². The molecule has 34 heavy (non-hydrogen) atoms. The van der Waals surface area contributed by atoms with Gasteiger partial charge in [0, 0.05) is 61.1 Å². The van der Waals surface area contributed by atoms with Crippen LogP contribution in [0.3, 0.4) is 0 Å². The lowest BCUT2D eigenvalue weighted by atomic mass is 9.93. The van der Waals surface area contributed by atoms with Gasteiger partial charge in [-0.1, -0.05) is 6.58 Å². The number of nitrogens with two attached hydrogens (primary N) is 2. The third-order valence-corrected chi connectivity index (χ3v) is 5.63. The number of halogens is 2. The van der Waals surface area contributed by atoms with Crippen LogP contribution in [0.4, 0.5) is 14.5 Å². The first-order valence-electron chi connectivity index (χ1n) is 11.9. The number of hydrogen-bond acceptors (Lipinski definition) is 7. The number of allylic oxidation sites excluding steroid dienone is 1. The Morgan fingerprint density at radius 1 is 1.26 bits per heavy atom. The summed E-state index contributed by atoms with van der Waals surface area (Å²) in [6.07, 6.45) is 5.65. The molecule has 192 valence electrons. The molecule has 3 rings (SSSR count). The molecule has 2 aliphatic rings. The normalized spacial score (nSPS) is 16.0. The number of piperidine rings is 1. The maximum absolute atomic E-state index is 13.2. The van der Waals surface area contributed by atoms with Gasteiger partial charge >= 0.3 is 0 Å². The van der Waals surface area contributed by atoms with Gasteiger partial charge < -0.3 is 32.7 Å². The molecule has 2 aliphatic heterocycles. The Balaban J connectivity index is 0.000000337. The Hall–Kier alpha value is -2.49. The quantitative estimate of drug-likeness (QED) is 0.320. The van der Waals surface area contributed by atoms with E-state index in [0.717, 1.165) is 56.7 Å². The van der Waals surface area contributed by atoms with Crippen molar-refractivity contribution in [2.45, 2.75) is 44.6 Å². The zero-order valence-corrected chi connectivity index (χ0v) is 20.9. The molecule has 1 saturated heterocycles. The van der Waals surface area contributed by atoms with Gasteiger partial charge in [-0.25, -0.2) is 8.78 Å². The van der Waals surface area contributed by atoms with Crippen molar-refractivity contribution in [3.8, 4) is 0 Å². The molecule has 7 nitrogen and oxygen atoms in total. The molecule has 0 atom stereocenters. The highest BCUT2D eigenvalue weighted by Crippen LogP contribution is 2.34. The van der Waals surface area contributed by atoms with E-state index in [-0.39, 0.29) is 5.56 Å². The van der Waals surface area contributed by atoms with Gasteiger partial charge in [0.05, 0.1) is 0 Å². The Morgan fingerprint density at radius 3 is 2.56 bits per heavy atom. The van der Waals surface area contributed by atoms with E-state index in [9.17, 15) is 8.78 Å². The van der Waals surface area contributed by atoms with Crippen LogP contribution in [0.15, 0.2) is 35.6 Å². The Labute approximate surface area is 203 Å². The average molecular weight is 480 g/mol. The zero-order chi connectivity index (χ0) is 25.3. The number of aryl methyl sites for hydroxylation is 1. The predicted octanol–water partition coefficient (Wildman–Crippen LogP) is 3.01. The number of rotatable bonds is 8. The maximum Gasteiger partial charge on any atom is 0.264 e. The van der Waals surface area contributed by atoms with Gasteiger partial charge in [-0.3, -0.25) is 4.99 Å². The molecule has 0 aliphatic carbocycles. The van der Waals surface area contributed by atoms with Gasteiger partial charge in [0.1, 0.15) is 0 Å². The topological polar surface area (TPSA) is 113 Å². The summed E-state index contributed by atoms with van der Waals surface area (Å²) in [7, 11) is 5.06. The Bertz CT molecular complexity index is 788. The van der Waals surface area contributed by atoms with Crippen LogP contribution in [-0.2, 0) is 6.42 Å². The van der Waals surface area contributed by atoms with Crippen molar-refractivity contribution in [2.24, 2.45) is 16.5 Å². The lowest BCUT2D eigenvalue weighted by molar-refractivity contribution is 0.151. The maximum atomic E-state index is 13.2. The van der Waals surface area contributed by atoms with Crippen LogP contribution < -0.4 is 32.7 Å². The first kappa shape index (κ1) is 29.5. The standard InChI is InChI=1S/C14H17F2N3.C10H21N3.CH5N/c1-18-8-10(7-17)11-5-9-3-2-4-19-13(9)6-12(11)14(15)16;1-9(3-6-11-2)13-10-4-7-12-8-5-10;1-2/h5-8,14,19H,2-4,17H2,1H3;10-13H,1,3-8H2,2H3;2H2,1H3/b10-7+,18-8?;;. The summed E-state index contributed by atoms with van der Waals surface area (Å²) in [5, 5.41) is 13.1. The van der Waals surface area contributed by atoms with Crippen molar-refractivity contribution >= 4 is 17.5 Å². The van der Waals surface area contributed by atoms with Crippen LogP contribution in [0, 0.1) is 0 Å². The van der Waals surface area contributed by atoms with E-state index in [0.29, 0.717) is 17.2 Å². The largest absolute Gasteiger partial charge is 0.404 e. The predicted molar refractivity (Wildman–Crippen MR) is 142 cm³/mol. The zero-order valence-electron chi connectivity index (χ0n) is 20.9. The second kappa shape index (κ2) is 17.0. The summed E-state index contributed by atoms with van der Waals surface area (Å²) in [4.78, 5) is 3.86. The molecule has 9 heteroatoms. The van der Waals surface area contributed by atoms with Crippen molar-refractivity contribution in [3.63, 3.8) is 0 Å². The highest BCUT2D eigenvalue weighted by molar-refractivity contribution is 6.10. The van der Waals surface area contributed by atoms with Crippen LogP contribution in [0.25, 0.3) is 5.57 Å². The first-order valence-corrected chi connectivity index (χ1v) is 11.9. The minimum Gasteiger partial charge on any atom is -0.404 e. The van der Waals surface area contributed by atoms with Gasteiger partial charge in [-0.05, 0) is 82.5 Å². The Kier molecular flexibility index (Phi) is 14.8. The summed E-state index contributed by atoms with van der Waals surface area (Å²) >= 11 is 0. The molecular weight excluding hydrogens is 436 g/mol. The molecular formula is C25H43F2N7. The Morgan fingerprint density at radius 2 is 1.97 bits per heavy atom. The van der Waals surface area contributed by atoms with E-state index < -0.39 is 6.43 Å². The van der Waals surface area contributed by atoms with Gasteiger partial charge in [-0.15, -0.1) is 0 Å². The number of hydrogen-bond donors (Lipinski definition) is 6. The van der Waals surface area contributed by atoms with Gasteiger partial charge in [0.25, 0.3) is 6.43 Å². The van der Waals surface area contributed by atoms with E-state index in [2.05, 4.69) is 38.6 Å². The highest BCUT2D eigenvalue weighted by Gasteiger charge is 2.20. The highest BCUT2D eigenvalue weighted by atomic mass is 19.3. The molecule has 0 aromatic heterocycles. The van der Waals surface area contributed by atoms with Gasteiger partial charge in [0.2, 0.25) is 0 Å². The number of alkyl halides is 2. The van der Waals surface area contributed by atoms with Crippen molar-refractivity contribution < 1.29 is 8.78 Å². The second-order valence-electron chi connectivity index (χ2n) is 8.06. The number of nitrogens with zero attached hydrogens (tertiary/aromatic N) is 1. The minimum atomic E-state index is -2.54. The van der Waals surface area contributed by atoms with Crippen molar-refractivity contribution in [2.75, 3.05) is 52.6 Å². The molecule has 1 aromatic rings. The van der Waals surface area contributed by atoms with E-state index in [1.54, 1.807) is 13.1 Å². The van der Waals surface area contributed by atoms with E-state index in [1.807, 2.05) is 7.05 Å². The number of benzene rings is 1. The molecule has 1 fully saturated rings. The van der Waals surface area contributed by atoms with Crippen molar-refractivity contribution in [1.82, 2.24) is 16.0 Å². The van der Waals surface area contributed by atoms with Gasteiger partial charge in [0.15, 0.2) is 0 Å². The van der Waals surface area contributed by atoms with Gasteiger partial charge in [-0.2, -0.15) is 0 Å². The van der Waals surface area contributed by atoms with Crippen molar-refractivity contribution in [1.29, 1.82) is 0 Å². The summed E-state index contributed by atoms with van der Waals surface area (Å²) in [6.45, 7) is 8.12. The smallest absolute Gasteiger partial charge is 0.264 e. The number of fused-ring (bicyclic) bond motifs is 1. The molecule has 0 saturated carbocycles.